The Labute approximate surface area is 358 Å². The minimum atomic E-state index is 0.631. The lowest BCUT2D eigenvalue weighted by Gasteiger charge is -2.16. The number of hydrogen-bond donors (Lipinski definition) is 0. The SMILES string of the molecule is c1ccc(-c2nc(-c3ccc(-n4c5ccccc5c5cc6ccccc6cc54)cc3-c3cccc4sc5ccccc5c34)nc(-c3cccc4sc5ccccc5c34)n2)cc1. The predicted molar refractivity (Wildman–Crippen MR) is 259 cm³/mol. The number of fused-ring (bicyclic) bond motifs is 10. The van der Waals surface area contributed by atoms with Crippen LogP contribution in [0.15, 0.2) is 194 Å². The molecule has 4 aromatic heterocycles. The van der Waals surface area contributed by atoms with Gasteiger partial charge in [-0.2, -0.15) is 0 Å². The molecule has 0 aliphatic carbocycles. The lowest BCUT2D eigenvalue weighted by molar-refractivity contribution is 1.08. The summed E-state index contributed by atoms with van der Waals surface area (Å²) in [7, 11) is 0. The lowest BCUT2D eigenvalue weighted by atomic mass is 9.94. The van der Waals surface area contributed by atoms with Crippen LogP contribution < -0.4 is 0 Å². The van der Waals surface area contributed by atoms with E-state index in [1.165, 1.54) is 67.4 Å². The summed E-state index contributed by atoms with van der Waals surface area (Å²) in [6, 6.07) is 69.7. The molecule has 4 nitrogen and oxygen atoms in total. The normalized spacial score (nSPS) is 11.9. The van der Waals surface area contributed by atoms with E-state index in [0.29, 0.717) is 17.5 Å². The van der Waals surface area contributed by atoms with Gasteiger partial charge in [-0.25, -0.2) is 15.0 Å². The molecule has 13 aromatic rings. The Morgan fingerprint density at radius 2 is 0.885 bits per heavy atom. The molecular weight excluding hydrogens is 781 g/mol. The highest BCUT2D eigenvalue weighted by atomic mass is 32.1. The van der Waals surface area contributed by atoms with Gasteiger partial charge in [0.25, 0.3) is 0 Å². The first-order chi connectivity index (χ1) is 30.2. The third-order valence-corrected chi connectivity index (χ3v) is 14.3. The second-order valence-corrected chi connectivity index (χ2v) is 17.7. The maximum atomic E-state index is 5.46. The highest BCUT2D eigenvalue weighted by Gasteiger charge is 2.22. The molecule has 0 saturated carbocycles. The first-order valence-corrected chi connectivity index (χ1v) is 22.1. The Hall–Kier alpha value is -7.51. The van der Waals surface area contributed by atoms with Gasteiger partial charge in [0.2, 0.25) is 0 Å². The van der Waals surface area contributed by atoms with Crippen molar-refractivity contribution in [3.63, 3.8) is 0 Å². The smallest absolute Gasteiger partial charge is 0.164 e. The zero-order valence-corrected chi connectivity index (χ0v) is 34.2. The molecule has 9 aromatic carbocycles. The van der Waals surface area contributed by atoms with E-state index in [0.717, 1.165) is 39.0 Å². The maximum absolute atomic E-state index is 5.46. The molecule has 4 heterocycles. The van der Waals surface area contributed by atoms with Crippen LogP contribution >= 0.6 is 22.7 Å². The topological polar surface area (TPSA) is 43.6 Å². The Bertz CT molecular complexity index is 3900. The van der Waals surface area contributed by atoms with Crippen molar-refractivity contribution in [3.05, 3.63) is 194 Å². The summed E-state index contributed by atoms with van der Waals surface area (Å²) in [5.41, 5.74) is 8.50. The fourth-order valence-electron chi connectivity index (χ4n) is 9.32. The van der Waals surface area contributed by atoms with Crippen LogP contribution in [0.5, 0.6) is 0 Å². The molecular formula is C55H32N4S2. The van der Waals surface area contributed by atoms with E-state index >= 15 is 0 Å². The lowest BCUT2D eigenvalue weighted by Crippen LogP contribution is -2.02. The van der Waals surface area contributed by atoms with Gasteiger partial charge in [-0.15, -0.1) is 22.7 Å². The third-order valence-electron chi connectivity index (χ3n) is 12.0. The van der Waals surface area contributed by atoms with Gasteiger partial charge in [0.1, 0.15) is 0 Å². The predicted octanol–water partition coefficient (Wildman–Crippen LogP) is 15.5. The first-order valence-electron chi connectivity index (χ1n) is 20.4. The quantitative estimate of drug-likeness (QED) is 0.174. The highest BCUT2D eigenvalue weighted by Crippen LogP contribution is 2.45. The molecule has 0 unspecified atom stereocenters. The third kappa shape index (κ3) is 5.39. The van der Waals surface area contributed by atoms with Gasteiger partial charge in [0.15, 0.2) is 17.5 Å². The van der Waals surface area contributed by atoms with E-state index in [1.54, 1.807) is 11.3 Å². The number of hydrogen-bond acceptors (Lipinski definition) is 5. The van der Waals surface area contributed by atoms with Crippen molar-refractivity contribution in [2.75, 3.05) is 0 Å². The largest absolute Gasteiger partial charge is 0.309 e. The molecule has 61 heavy (non-hydrogen) atoms. The monoisotopic (exact) mass is 812 g/mol. The first kappa shape index (κ1) is 34.4. The van der Waals surface area contributed by atoms with Crippen LogP contribution in [-0.4, -0.2) is 19.5 Å². The average molecular weight is 813 g/mol. The number of para-hydroxylation sites is 1. The van der Waals surface area contributed by atoms with Crippen molar-refractivity contribution >= 4 is 95.6 Å². The number of benzene rings is 9. The molecule has 0 radical (unpaired) electrons. The van der Waals surface area contributed by atoms with Crippen LogP contribution in [-0.2, 0) is 0 Å². The van der Waals surface area contributed by atoms with Gasteiger partial charge in [-0.3, -0.25) is 0 Å². The molecule has 284 valence electrons. The number of aromatic nitrogens is 4. The molecule has 0 bridgehead atoms. The van der Waals surface area contributed by atoms with E-state index in [4.69, 9.17) is 15.0 Å². The van der Waals surface area contributed by atoms with Crippen molar-refractivity contribution in [1.82, 2.24) is 19.5 Å². The molecule has 0 saturated heterocycles. The number of rotatable bonds is 5. The summed E-state index contributed by atoms with van der Waals surface area (Å²) in [6.45, 7) is 0. The van der Waals surface area contributed by atoms with Crippen molar-refractivity contribution in [3.8, 4) is 51.0 Å². The van der Waals surface area contributed by atoms with Crippen LogP contribution in [0.25, 0.3) is 124 Å². The van der Waals surface area contributed by atoms with Crippen LogP contribution in [0.3, 0.4) is 0 Å². The molecule has 0 N–H and O–H groups in total. The second kappa shape index (κ2) is 13.5. The Morgan fingerprint density at radius 3 is 1.62 bits per heavy atom. The number of nitrogens with zero attached hydrogens (tertiary/aromatic N) is 4. The van der Waals surface area contributed by atoms with Gasteiger partial charge in [-0.05, 0) is 82.6 Å². The van der Waals surface area contributed by atoms with Crippen LogP contribution in [0.2, 0.25) is 0 Å². The van der Waals surface area contributed by atoms with Gasteiger partial charge in [0, 0.05) is 73.5 Å². The Kier molecular flexibility index (Phi) is 7.61. The molecule has 0 aliphatic rings. The molecule has 13 rings (SSSR count). The fraction of sp³-hybridized carbons (Fsp3) is 0. The van der Waals surface area contributed by atoms with Gasteiger partial charge < -0.3 is 4.57 Å². The summed E-state index contributed by atoms with van der Waals surface area (Å²) >= 11 is 3.64. The van der Waals surface area contributed by atoms with Gasteiger partial charge in [0.05, 0.1) is 11.0 Å². The van der Waals surface area contributed by atoms with Gasteiger partial charge >= 0.3 is 0 Å². The molecule has 0 fully saturated rings. The highest BCUT2D eigenvalue weighted by molar-refractivity contribution is 7.26. The minimum absolute atomic E-state index is 0.631. The van der Waals surface area contributed by atoms with Crippen LogP contribution in [0, 0.1) is 0 Å². The average Bonchev–Trinajstić information content (AvgIpc) is 4.00. The molecule has 0 amide bonds. The van der Waals surface area contributed by atoms with Crippen molar-refractivity contribution in [2.45, 2.75) is 0 Å². The zero-order valence-electron chi connectivity index (χ0n) is 32.6. The molecule has 0 atom stereocenters. The van der Waals surface area contributed by atoms with Crippen LogP contribution in [0.1, 0.15) is 0 Å². The van der Waals surface area contributed by atoms with E-state index < -0.39 is 0 Å². The second-order valence-electron chi connectivity index (χ2n) is 15.5. The van der Waals surface area contributed by atoms with Crippen molar-refractivity contribution in [1.29, 1.82) is 0 Å². The summed E-state index contributed by atoms with van der Waals surface area (Å²) in [5, 5.41) is 9.77. The minimum Gasteiger partial charge on any atom is -0.309 e. The van der Waals surface area contributed by atoms with E-state index in [1.807, 2.05) is 29.5 Å². The molecule has 0 spiro atoms. The summed E-state index contributed by atoms with van der Waals surface area (Å²) in [5.74, 6) is 1.92. The number of thiophene rings is 2. The summed E-state index contributed by atoms with van der Waals surface area (Å²) in [4.78, 5) is 16.1. The zero-order chi connectivity index (χ0) is 40.0. The molecule has 6 heteroatoms. The summed E-state index contributed by atoms with van der Waals surface area (Å²) < 4.78 is 7.39. The van der Waals surface area contributed by atoms with E-state index in [2.05, 4.69) is 180 Å². The molecule has 0 aliphatic heterocycles. The maximum Gasteiger partial charge on any atom is 0.164 e. The summed E-state index contributed by atoms with van der Waals surface area (Å²) in [6.07, 6.45) is 0. The standard InChI is InChI=1S/C55H32N4S2/c1-2-14-33(15-3-1)53-56-54(58-55(57-53)42-22-13-27-50-52(42)41-20-8-11-25-48(41)61-50)39-29-28-36(32-43(39)38-21-12-26-49-51(38)40-19-7-10-24-47(40)60-49)59-45-23-9-6-18-37(45)44-30-34-16-4-5-17-35(34)31-46(44)59/h1-32H. The fourth-order valence-corrected chi connectivity index (χ4v) is 11.6. The van der Waals surface area contributed by atoms with Crippen LogP contribution in [0.4, 0.5) is 0 Å². The van der Waals surface area contributed by atoms with Crippen molar-refractivity contribution in [2.24, 2.45) is 0 Å². The van der Waals surface area contributed by atoms with Crippen molar-refractivity contribution < 1.29 is 0 Å². The van der Waals surface area contributed by atoms with E-state index in [9.17, 15) is 0 Å². The van der Waals surface area contributed by atoms with E-state index in [-0.39, 0.29) is 0 Å². The Balaban J connectivity index is 1.13. The van der Waals surface area contributed by atoms with Gasteiger partial charge in [-0.1, -0.05) is 133 Å². The Morgan fingerprint density at radius 1 is 0.328 bits per heavy atom.